The van der Waals surface area contributed by atoms with Crippen LogP contribution in [0, 0.1) is 5.41 Å². The van der Waals surface area contributed by atoms with Crippen LogP contribution in [0.1, 0.15) is 50.2 Å². The van der Waals surface area contributed by atoms with E-state index >= 15 is 0 Å². The molecule has 2 N–H and O–H groups in total. The van der Waals surface area contributed by atoms with Crippen molar-refractivity contribution in [1.82, 2.24) is 34.7 Å². The van der Waals surface area contributed by atoms with E-state index in [-0.39, 0.29) is 0 Å². The van der Waals surface area contributed by atoms with Gasteiger partial charge in [-0.15, -0.1) is 0 Å². The lowest BCUT2D eigenvalue weighted by atomic mass is 9.78. The quantitative estimate of drug-likeness (QED) is 0.444. The summed E-state index contributed by atoms with van der Waals surface area (Å²) >= 11 is 0. The smallest absolute Gasteiger partial charge is 0.230 e. The zero-order valence-corrected chi connectivity index (χ0v) is 20.5. The second kappa shape index (κ2) is 8.96. The summed E-state index contributed by atoms with van der Waals surface area (Å²) < 4.78 is 3.74. The fourth-order valence-corrected chi connectivity index (χ4v) is 5.42. The highest BCUT2D eigenvalue weighted by atomic mass is 15.4. The Bertz CT molecular complexity index is 1290. The minimum absolute atomic E-state index is 0.331. The van der Waals surface area contributed by atoms with Crippen LogP contribution in [-0.2, 0) is 6.54 Å². The molecular formula is C26H33N9. The number of piperidine rings is 1. The number of hydrogen-bond acceptors (Lipinski definition) is 7. The van der Waals surface area contributed by atoms with Crippen molar-refractivity contribution in [2.45, 2.75) is 45.6 Å². The van der Waals surface area contributed by atoms with Gasteiger partial charge in [-0.2, -0.15) is 24.7 Å². The molecule has 9 heteroatoms. The van der Waals surface area contributed by atoms with E-state index in [1.165, 1.54) is 19.3 Å². The van der Waals surface area contributed by atoms with Gasteiger partial charge in [0.2, 0.25) is 11.9 Å². The Balaban J connectivity index is 1.31. The molecule has 0 aliphatic carbocycles. The highest BCUT2D eigenvalue weighted by Gasteiger charge is 2.37. The van der Waals surface area contributed by atoms with Crippen LogP contribution in [0.3, 0.4) is 0 Å². The standard InChI is InChI=1S/C26H33N9/c1-19(2)21-17-30-35-23(21)31-25(33-14-9-26(10-15-33)8-12-27-18-26)32-24(35)28-16-20-6-3-4-7-22(20)34-13-5-11-29-34/h3-7,11,13,17,19,27H,8-10,12,14-16,18H2,1-2H3,(H,28,31,32). The number of rotatable bonds is 6. The van der Waals surface area contributed by atoms with Gasteiger partial charge in [-0.1, -0.05) is 32.0 Å². The third-order valence-corrected chi connectivity index (χ3v) is 7.62. The largest absolute Gasteiger partial charge is 0.350 e. The summed E-state index contributed by atoms with van der Waals surface area (Å²) in [5.74, 6) is 1.84. The number of aromatic nitrogens is 6. The van der Waals surface area contributed by atoms with Crippen LogP contribution in [0.4, 0.5) is 11.9 Å². The summed E-state index contributed by atoms with van der Waals surface area (Å²) in [6.07, 6.45) is 9.34. The molecule has 35 heavy (non-hydrogen) atoms. The first kappa shape index (κ1) is 22.0. The Labute approximate surface area is 205 Å². The topological polar surface area (TPSA) is 88.2 Å². The van der Waals surface area contributed by atoms with Crippen LogP contribution < -0.4 is 15.5 Å². The van der Waals surface area contributed by atoms with Gasteiger partial charge in [-0.25, -0.2) is 4.68 Å². The van der Waals surface area contributed by atoms with E-state index in [2.05, 4.69) is 57.8 Å². The summed E-state index contributed by atoms with van der Waals surface area (Å²) in [6.45, 7) is 9.24. The molecule has 5 heterocycles. The van der Waals surface area contributed by atoms with Gasteiger partial charge in [0.1, 0.15) is 0 Å². The van der Waals surface area contributed by atoms with Gasteiger partial charge in [-0.3, -0.25) is 0 Å². The Morgan fingerprint density at radius 1 is 1.06 bits per heavy atom. The molecule has 0 bridgehead atoms. The molecule has 182 valence electrons. The van der Waals surface area contributed by atoms with E-state index in [4.69, 9.17) is 9.97 Å². The van der Waals surface area contributed by atoms with Gasteiger partial charge in [-0.05, 0) is 54.8 Å². The Morgan fingerprint density at radius 2 is 1.91 bits per heavy atom. The van der Waals surface area contributed by atoms with Crippen LogP contribution >= 0.6 is 0 Å². The Morgan fingerprint density at radius 3 is 2.66 bits per heavy atom. The van der Waals surface area contributed by atoms with Crippen molar-refractivity contribution in [2.24, 2.45) is 5.41 Å². The van der Waals surface area contributed by atoms with Gasteiger partial charge in [0.25, 0.3) is 0 Å². The van der Waals surface area contributed by atoms with Gasteiger partial charge >= 0.3 is 0 Å². The van der Waals surface area contributed by atoms with Crippen molar-refractivity contribution in [1.29, 1.82) is 0 Å². The molecular weight excluding hydrogens is 438 g/mol. The molecule has 0 amide bonds. The molecule has 1 spiro atoms. The van der Waals surface area contributed by atoms with Gasteiger partial charge in [0.05, 0.1) is 11.9 Å². The number of nitrogens with one attached hydrogen (secondary N) is 2. The number of fused-ring (bicyclic) bond motifs is 1. The maximum absolute atomic E-state index is 5.01. The first-order valence-electron chi connectivity index (χ1n) is 12.7. The monoisotopic (exact) mass is 471 g/mol. The van der Waals surface area contributed by atoms with Crippen molar-refractivity contribution in [3.05, 3.63) is 60.0 Å². The highest BCUT2D eigenvalue weighted by molar-refractivity contribution is 5.56. The third kappa shape index (κ3) is 4.14. The van der Waals surface area contributed by atoms with E-state index in [1.54, 1.807) is 6.20 Å². The Hall–Kier alpha value is -3.46. The minimum atomic E-state index is 0.331. The van der Waals surface area contributed by atoms with Gasteiger partial charge < -0.3 is 15.5 Å². The second-order valence-corrected chi connectivity index (χ2v) is 10.2. The SMILES string of the molecule is CC(C)c1cnn2c(NCc3ccccc3-n3cccn3)nc(N3CCC4(CCNC4)CC3)nc12. The lowest BCUT2D eigenvalue weighted by Crippen LogP contribution is -2.42. The fraction of sp³-hybridized carbons (Fsp3) is 0.462. The number of hydrogen-bond donors (Lipinski definition) is 2. The third-order valence-electron chi connectivity index (χ3n) is 7.62. The average molecular weight is 472 g/mol. The molecule has 9 nitrogen and oxygen atoms in total. The van der Waals surface area contributed by atoms with E-state index < -0.39 is 0 Å². The molecule has 2 fully saturated rings. The molecule has 2 aliphatic rings. The van der Waals surface area contributed by atoms with Crippen molar-refractivity contribution in [3.8, 4) is 5.69 Å². The minimum Gasteiger partial charge on any atom is -0.350 e. The zero-order valence-electron chi connectivity index (χ0n) is 20.5. The second-order valence-electron chi connectivity index (χ2n) is 10.2. The maximum atomic E-state index is 5.01. The predicted molar refractivity (Wildman–Crippen MR) is 137 cm³/mol. The van der Waals surface area contributed by atoms with E-state index in [1.807, 2.05) is 33.7 Å². The van der Waals surface area contributed by atoms with Crippen LogP contribution in [0.2, 0.25) is 0 Å². The molecule has 2 saturated heterocycles. The predicted octanol–water partition coefficient (Wildman–Crippen LogP) is 3.63. The number of nitrogens with zero attached hydrogens (tertiary/aromatic N) is 7. The average Bonchev–Trinajstić information content (AvgIpc) is 3.64. The number of benzene rings is 1. The van der Waals surface area contributed by atoms with E-state index in [0.717, 1.165) is 60.5 Å². The van der Waals surface area contributed by atoms with Crippen LogP contribution in [0.25, 0.3) is 11.3 Å². The molecule has 1 aromatic carbocycles. The summed E-state index contributed by atoms with van der Waals surface area (Å²) in [5, 5.41) is 16.2. The van der Waals surface area contributed by atoms with Crippen molar-refractivity contribution < 1.29 is 0 Å². The molecule has 3 aromatic heterocycles. The van der Waals surface area contributed by atoms with Crippen LogP contribution in [-0.4, -0.2) is 55.5 Å². The summed E-state index contributed by atoms with van der Waals surface area (Å²) in [4.78, 5) is 12.4. The lowest BCUT2D eigenvalue weighted by Gasteiger charge is -2.38. The maximum Gasteiger partial charge on any atom is 0.230 e. The van der Waals surface area contributed by atoms with E-state index in [0.29, 0.717) is 17.9 Å². The first-order chi connectivity index (χ1) is 17.1. The summed E-state index contributed by atoms with van der Waals surface area (Å²) in [7, 11) is 0. The van der Waals surface area contributed by atoms with Crippen molar-refractivity contribution in [3.63, 3.8) is 0 Å². The van der Waals surface area contributed by atoms with E-state index in [9.17, 15) is 0 Å². The van der Waals surface area contributed by atoms with Crippen LogP contribution in [0.15, 0.2) is 48.9 Å². The first-order valence-corrected chi connectivity index (χ1v) is 12.7. The lowest BCUT2D eigenvalue weighted by molar-refractivity contribution is 0.246. The molecule has 0 unspecified atom stereocenters. The molecule has 2 aliphatic heterocycles. The fourth-order valence-electron chi connectivity index (χ4n) is 5.42. The van der Waals surface area contributed by atoms with Gasteiger partial charge in [0, 0.05) is 44.1 Å². The van der Waals surface area contributed by atoms with Crippen molar-refractivity contribution in [2.75, 3.05) is 36.4 Å². The summed E-state index contributed by atoms with van der Waals surface area (Å²) in [6, 6.07) is 10.2. The summed E-state index contributed by atoms with van der Waals surface area (Å²) in [5.41, 5.74) is 4.66. The molecule has 0 saturated carbocycles. The molecule has 0 atom stereocenters. The van der Waals surface area contributed by atoms with Gasteiger partial charge in [0.15, 0.2) is 5.65 Å². The van der Waals surface area contributed by atoms with Crippen LogP contribution in [0.5, 0.6) is 0 Å². The molecule has 0 radical (unpaired) electrons. The van der Waals surface area contributed by atoms with Crippen molar-refractivity contribution >= 4 is 17.5 Å². The highest BCUT2D eigenvalue weighted by Crippen LogP contribution is 2.38. The number of anilines is 2. The molecule has 6 rings (SSSR count). The number of para-hydroxylation sites is 1. The zero-order chi connectivity index (χ0) is 23.8. The Kier molecular flexibility index (Phi) is 5.64. The normalized spacial score (nSPS) is 17.6. The molecule has 4 aromatic rings.